The summed E-state index contributed by atoms with van der Waals surface area (Å²) in [6.07, 6.45) is 5.31. The number of benzene rings is 2. The molecule has 0 spiro atoms. The SMILES string of the molecule is C=C(C)C(F)(F)c1ccncc1-n1cc(OCC)c(C(=O)[N+](C)(C)c2ccc(Oc3ccnc4cc(OC)c(OC)cc34)cc2F)n1. The second-order valence-electron chi connectivity index (χ2n) is 11.0. The van der Waals surface area contributed by atoms with Crippen LogP contribution in [0.2, 0.25) is 0 Å². The van der Waals surface area contributed by atoms with Gasteiger partial charge in [-0.3, -0.25) is 9.97 Å². The normalized spacial score (nSPS) is 11.8. The monoisotopic (exact) mass is 648 g/mol. The number of hydrogen-bond donors (Lipinski definition) is 0. The average Bonchev–Trinajstić information content (AvgIpc) is 3.47. The maximum absolute atomic E-state index is 15.8. The summed E-state index contributed by atoms with van der Waals surface area (Å²) in [5.74, 6) is -3.22. The zero-order valence-corrected chi connectivity index (χ0v) is 26.7. The van der Waals surface area contributed by atoms with E-state index >= 15 is 13.2 Å². The highest BCUT2D eigenvalue weighted by molar-refractivity contribution is 6.02. The van der Waals surface area contributed by atoms with Crippen LogP contribution in [0.4, 0.5) is 18.9 Å². The summed E-state index contributed by atoms with van der Waals surface area (Å²) in [6, 6.07) is 10.3. The molecule has 0 aliphatic rings. The van der Waals surface area contributed by atoms with Gasteiger partial charge in [0.2, 0.25) is 5.69 Å². The number of allylic oxidation sites excluding steroid dienone is 1. The molecule has 0 saturated carbocycles. The number of nitrogens with zero attached hydrogens (tertiary/aromatic N) is 5. The third-order valence-corrected chi connectivity index (χ3v) is 7.57. The summed E-state index contributed by atoms with van der Waals surface area (Å²) in [4.78, 5) is 22.3. The van der Waals surface area contributed by atoms with Gasteiger partial charge in [0.1, 0.15) is 11.5 Å². The minimum absolute atomic E-state index is 0.00113. The molecule has 3 aromatic heterocycles. The quantitative estimate of drug-likeness (QED) is 0.109. The second kappa shape index (κ2) is 12.8. The Labute approximate surface area is 269 Å². The maximum atomic E-state index is 15.8. The van der Waals surface area contributed by atoms with E-state index in [-0.39, 0.29) is 40.7 Å². The highest BCUT2D eigenvalue weighted by atomic mass is 19.3. The highest BCUT2D eigenvalue weighted by Gasteiger charge is 2.40. The van der Waals surface area contributed by atoms with Crippen LogP contribution < -0.4 is 23.4 Å². The van der Waals surface area contributed by atoms with E-state index in [1.54, 1.807) is 31.3 Å². The predicted molar refractivity (Wildman–Crippen MR) is 171 cm³/mol. The first-order valence-corrected chi connectivity index (χ1v) is 14.4. The van der Waals surface area contributed by atoms with Crippen molar-refractivity contribution in [1.82, 2.24) is 24.2 Å². The predicted octanol–water partition coefficient (Wildman–Crippen LogP) is 7.24. The Bertz CT molecular complexity index is 1990. The topological polar surface area (TPSA) is 97.6 Å². The second-order valence-corrected chi connectivity index (χ2v) is 11.0. The number of fused-ring (bicyclic) bond motifs is 1. The van der Waals surface area contributed by atoms with Gasteiger partial charge in [-0.25, -0.2) is 18.3 Å². The number of rotatable bonds is 11. The van der Waals surface area contributed by atoms with Crippen molar-refractivity contribution in [2.75, 3.05) is 34.9 Å². The van der Waals surface area contributed by atoms with Gasteiger partial charge in [0.05, 0.1) is 64.1 Å². The summed E-state index contributed by atoms with van der Waals surface area (Å²) in [6.45, 7) is 6.48. The van der Waals surface area contributed by atoms with E-state index in [0.717, 1.165) is 10.7 Å². The van der Waals surface area contributed by atoms with Crippen LogP contribution in [0.25, 0.3) is 16.6 Å². The number of carbonyl (C=O) groups excluding carboxylic acids is 1. The van der Waals surface area contributed by atoms with Gasteiger partial charge < -0.3 is 18.9 Å². The van der Waals surface area contributed by atoms with Crippen LogP contribution in [0.5, 0.6) is 28.7 Å². The van der Waals surface area contributed by atoms with Gasteiger partial charge in [0, 0.05) is 36.0 Å². The van der Waals surface area contributed by atoms with E-state index in [9.17, 15) is 4.79 Å². The molecule has 13 heteroatoms. The number of pyridine rings is 2. The summed E-state index contributed by atoms with van der Waals surface area (Å²) in [5, 5.41) is 4.94. The van der Waals surface area contributed by atoms with Crippen LogP contribution >= 0.6 is 0 Å². The van der Waals surface area contributed by atoms with Crippen molar-refractivity contribution in [1.29, 1.82) is 0 Å². The Morgan fingerprint density at radius 3 is 2.38 bits per heavy atom. The minimum atomic E-state index is -3.40. The van der Waals surface area contributed by atoms with E-state index in [0.29, 0.717) is 28.2 Å². The number of ether oxygens (including phenoxy) is 4. The van der Waals surface area contributed by atoms with E-state index in [2.05, 4.69) is 21.6 Å². The number of carbonyl (C=O) groups is 1. The lowest BCUT2D eigenvalue weighted by Gasteiger charge is -2.26. The molecule has 0 aliphatic heterocycles. The van der Waals surface area contributed by atoms with Crippen LogP contribution in [0, 0.1) is 5.82 Å². The van der Waals surface area contributed by atoms with Gasteiger partial charge in [-0.05, 0) is 43.7 Å². The Morgan fingerprint density at radius 2 is 1.72 bits per heavy atom. The molecule has 0 atom stereocenters. The lowest BCUT2D eigenvalue weighted by molar-refractivity contribution is 0.0383. The van der Waals surface area contributed by atoms with Crippen molar-refractivity contribution in [2.24, 2.45) is 0 Å². The zero-order chi connectivity index (χ0) is 34.1. The first-order valence-electron chi connectivity index (χ1n) is 14.4. The lowest BCUT2D eigenvalue weighted by atomic mass is 10.0. The Kier molecular flexibility index (Phi) is 8.94. The van der Waals surface area contributed by atoms with Gasteiger partial charge in [-0.1, -0.05) is 6.58 Å². The van der Waals surface area contributed by atoms with Crippen molar-refractivity contribution in [2.45, 2.75) is 19.8 Å². The van der Waals surface area contributed by atoms with Crippen molar-refractivity contribution >= 4 is 22.5 Å². The van der Waals surface area contributed by atoms with Gasteiger partial charge in [-0.2, -0.15) is 13.9 Å². The van der Waals surface area contributed by atoms with Crippen LogP contribution in [-0.2, 0) is 5.92 Å². The van der Waals surface area contributed by atoms with E-state index in [1.807, 2.05) is 0 Å². The van der Waals surface area contributed by atoms with E-state index < -0.39 is 27.7 Å². The molecular weight excluding hydrogens is 615 g/mol. The molecule has 10 nitrogen and oxygen atoms in total. The van der Waals surface area contributed by atoms with E-state index in [1.165, 1.54) is 72.0 Å². The fourth-order valence-corrected chi connectivity index (χ4v) is 5.00. The van der Waals surface area contributed by atoms with Crippen LogP contribution in [-0.4, -0.2) is 60.6 Å². The van der Waals surface area contributed by atoms with Crippen molar-refractivity contribution in [3.8, 4) is 34.4 Å². The fraction of sp³-hybridized carbons (Fsp3) is 0.235. The highest BCUT2D eigenvalue weighted by Crippen LogP contribution is 2.40. The molecule has 0 fully saturated rings. The zero-order valence-electron chi connectivity index (χ0n) is 26.7. The first kappa shape index (κ1) is 32.9. The third-order valence-electron chi connectivity index (χ3n) is 7.57. The number of quaternary nitrogens is 1. The molecular formula is C34H33F3N5O5+. The fourth-order valence-electron chi connectivity index (χ4n) is 5.00. The number of hydrogen-bond acceptors (Lipinski definition) is 8. The Hall–Kier alpha value is -5.43. The lowest BCUT2D eigenvalue weighted by Crippen LogP contribution is -2.47. The number of methoxy groups -OCH3 is 2. The van der Waals surface area contributed by atoms with Crippen molar-refractivity contribution in [3.63, 3.8) is 0 Å². The molecule has 0 saturated heterocycles. The molecule has 0 unspecified atom stereocenters. The molecule has 5 rings (SSSR count). The van der Waals surface area contributed by atoms with Gasteiger partial charge in [-0.15, -0.1) is 0 Å². The van der Waals surface area contributed by atoms with E-state index in [4.69, 9.17) is 18.9 Å². The summed E-state index contributed by atoms with van der Waals surface area (Å²) in [5.41, 5.74) is -0.459. The van der Waals surface area contributed by atoms with Crippen molar-refractivity contribution < 1.29 is 36.9 Å². The summed E-state index contributed by atoms with van der Waals surface area (Å²) in [7, 11) is 5.99. The van der Waals surface area contributed by atoms with Crippen molar-refractivity contribution in [3.05, 3.63) is 96.5 Å². The summed E-state index contributed by atoms with van der Waals surface area (Å²) < 4.78 is 68.9. The summed E-state index contributed by atoms with van der Waals surface area (Å²) >= 11 is 0. The van der Waals surface area contributed by atoms with Crippen LogP contribution in [0.3, 0.4) is 0 Å². The molecule has 2 aromatic carbocycles. The molecule has 244 valence electrons. The van der Waals surface area contributed by atoms with Gasteiger partial charge >= 0.3 is 5.91 Å². The molecule has 1 amide bonds. The Balaban J connectivity index is 1.49. The number of amides is 1. The molecule has 0 N–H and O–H groups in total. The van der Waals surface area contributed by atoms with Gasteiger partial charge in [0.15, 0.2) is 28.8 Å². The minimum Gasteiger partial charge on any atom is -0.493 e. The maximum Gasteiger partial charge on any atom is 0.374 e. The molecule has 0 aliphatic carbocycles. The average molecular weight is 649 g/mol. The largest absolute Gasteiger partial charge is 0.493 e. The number of halogens is 3. The first-order chi connectivity index (χ1) is 22.3. The van der Waals surface area contributed by atoms with Crippen LogP contribution in [0.15, 0.2) is 79.4 Å². The molecule has 0 radical (unpaired) electrons. The van der Waals surface area contributed by atoms with Gasteiger partial charge in [0.25, 0.3) is 5.92 Å². The standard InChI is InChI=1S/C34H33F3N5O5/c1-8-46-31-19-41(26-18-38-13-11-23(26)34(36,37)20(2)3)40-32(31)33(43)42(4,5)27-10-9-21(15-24(27)35)47-28-12-14-39-25-17-30(45-7)29(44-6)16-22(25)28/h9-19H,2,8H2,1,3-7H3/q+1. The number of alkyl halides is 2. The Morgan fingerprint density at radius 1 is 1.00 bits per heavy atom. The third kappa shape index (κ3) is 6.09. The smallest absolute Gasteiger partial charge is 0.374 e. The molecule has 47 heavy (non-hydrogen) atoms. The molecule has 0 bridgehead atoms. The number of aromatic nitrogens is 4. The molecule has 5 aromatic rings. The molecule has 3 heterocycles. The van der Waals surface area contributed by atoms with Crippen LogP contribution in [0.1, 0.15) is 29.9 Å².